The number of carbonyl (C=O) groups excluding carboxylic acids is 4. The summed E-state index contributed by atoms with van der Waals surface area (Å²) in [7, 11) is 1.51. The Hall–Kier alpha value is -3.48. The molecule has 33 heavy (non-hydrogen) atoms. The Labute approximate surface area is 193 Å². The van der Waals surface area contributed by atoms with E-state index in [2.05, 4.69) is 0 Å². The summed E-state index contributed by atoms with van der Waals surface area (Å²) in [5.74, 6) is -1.45. The second-order valence-electron chi connectivity index (χ2n) is 8.73. The fourth-order valence-electron chi connectivity index (χ4n) is 4.42. The normalized spacial score (nSPS) is 20.1. The summed E-state index contributed by atoms with van der Waals surface area (Å²) in [4.78, 5) is 54.0. The summed E-state index contributed by atoms with van der Waals surface area (Å²) in [6.07, 6.45) is 1.38. The molecule has 3 amide bonds. The molecule has 172 valence electrons. The first-order chi connectivity index (χ1) is 15.9. The minimum Gasteiger partial charge on any atom is -0.465 e. The molecule has 1 saturated carbocycles. The van der Waals surface area contributed by atoms with Crippen molar-refractivity contribution < 1.29 is 23.9 Å². The van der Waals surface area contributed by atoms with Crippen molar-refractivity contribution in [3.05, 3.63) is 60.2 Å². The van der Waals surface area contributed by atoms with Gasteiger partial charge in [0.1, 0.15) is 6.54 Å². The molecule has 1 aliphatic heterocycles. The number of carbonyl (C=O) groups is 4. The molecule has 4 rings (SSSR count). The first kappa shape index (κ1) is 22.7. The zero-order valence-corrected chi connectivity index (χ0v) is 19.0. The van der Waals surface area contributed by atoms with Crippen LogP contribution in [0.25, 0.3) is 11.1 Å². The molecule has 0 radical (unpaired) electrons. The number of ether oxygens (including phenoxy) is 1. The van der Waals surface area contributed by atoms with Crippen LogP contribution in [0.4, 0.5) is 0 Å². The molecule has 0 N–H and O–H groups in total. The van der Waals surface area contributed by atoms with Crippen molar-refractivity contribution >= 4 is 23.7 Å². The largest absolute Gasteiger partial charge is 0.465 e. The van der Waals surface area contributed by atoms with Gasteiger partial charge in [0.05, 0.1) is 12.0 Å². The summed E-state index contributed by atoms with van der Waals surface area (Å²) < 4.78 is 4.93. The van der Waals surface area contributed by atoms with Crippen molar-refractivity contribution in [2.75, 3.05) is 20.2 Å². The fourth-order valence-corrected chi connectivity index (χ4v) is 4.42. The van der Waals surface area contributed by atoms with Crippen LogP contribution in [-0.2, 0) is 29.3 Å². The van der Waals surface area contributed by atoms with Gasteiger partial charge in [0.25, 0.3) is 0 Å². The monoisotopic (exact) mass is 448 g/mol. The lowest BCUT2D eigenvalue weighted by Crippen LogP contribution is -2.44. The van der Waals surface area contributed by atoms with Gasteiger partial charge in [0, 0.05) is 25.9 Å². The Morgan fingerprint density at radius 3 is 2.27 bits per heavy atom. The maximum atomic E-state index is 13.6. The molecular weight excluding hydrogens is 420 g/mol. The predicted molar refractivity (Wildman–Crippen MR) is 122 cm³/mol. The van der Waals surface area contributed by atoms with Gasteiger partial charge in [0.2, 0.25) is 17.7 Å². The van der Waals surface area contributed by atoms with Crippen LogP contribution >= 0.6 is 0 Å². The number of amides is 3. The third-order valence-electron chi connectivity index (χ3n) is 6.36. The highest BCUT2D eigenvalue weighted by Crippen LogP contribution is 2.44. The average Bonchev–Trinajstić information content (AvgIpc) is 3.60. The van der Waals surface area contributed by atoms with E-state index < -0.39 is 11.4 Å². The number of esters is 1. The zero-order valence-electron chi connectivity index (χ0n) is 19.0. The first-order valence-corrected chi connectivity index (χ1v) is 11.3. The van der Waals surface area contributed by atoms with E-state index in [9.17, 15) is 19.2 Å². The number of nitrogens with zero attached hydrogens (tertiary/aromatic N) is 2. The minimum atomic E-state index is -1.27. The van der Waals surface area contributed by atoms with E-state index in [0.717, 1.165) is 24.0 Å². The quantitative estimate of drug-likeness (QED) is 0.458. The Kier molecular flexibility index (Phi) is 6.31. The van der Waals surface area contributed by atoms with Gasteiger partial charge >= 0.3 is 5.97 Å². The number of rotatable bonds is 8. The number of likely N-dealkylation sites (N-methyl/N-ethyl adjacent to an activating group) is 1. The summed E-state index contributed by atoms with van der Waals surface area (Å²) in [6, 6.07) is 17.3. The molecule has 0 unspecified atom stereocenters. The third-order valence-corrected chi connectivity index (χ3v) is 6.36. The van der Waals surface area contributed by atoms with Crippen molar-refractivity contribution in [3.8, 4) is 11.1 Å². The number of hydrogen-bond donors (Lipinski definition) is 0. The molecule has 0 bridgehead atoms. The van der Waals surface area contributed by atoms with Gasteiger partial charge in [-0.05, 0) is 36.5 Å². The zero-order chi connectivity index (χ0) is 23.6. The SMILES string of the molecule is CCOC(=O)CN(C)C(=O)C[C@@]1(c2ccc(-c3ccccc3)cc2)CC(=O)N(C2CC2)C1=O. The number of benzene rings is 2. The van der Waals surface area contributed by atoms with E-state index in [-0.39, 0.29) is 49.8 Å². The van der Waals surface area contributed by atoms with E-state index in [0.29, 0.717) is 5.56 Å². The van der Waals surface area contributed by atoms with E-state index in [4.69, 9.17) is 4.74 Å². The van der Waals surface area contributed by atoms with E-state index >= 15 is 0 Å². The highest BCUT2D eigenvalue weighted by atomic mass is 16.5. The van der Waals surface area contributed by atoms with Crippen LogP contribution in [-0.4, -0.2) is 59.7 Å². The lowest BCUT2D eigenvalue weighted by molar-refractivity contribution is -0.149. The smallest absolute Gasteiger partial charge is 0.325 e. The number of hydrogen-bond acceptors (Lipinski definition) is 5. The molecule has 0 spiro atoms. The topological polar surface area (TPSA) is 84.0 Å². The summed E-state index contributed by atoms with van der Waals surface area (Å²) >= 11 is 0. The van der Waals surface area contributed by atoms with Crippen LogP contribution in [0.15, 0.2) is 54.6 Å². The molecule has 1 heterocycles. The molecule has 2 aromatic rings. The molecule has 0 aromatic heterocycles. The Balaban J connectivity index is 1.64. The van der Waals surface area contributed by atoms with Crippen LogP contribution in [0.3, 0.4) is 0 Å². The first-order valence-electron chi connectivity index (χ1n) is 11.3. The van der Waals surface area contributed by atoms with Crippen molar-refractivity contribution in [3.63, 3.8) is 0 Å². The molecule has 1 atom stereocenters. The maximum Gasteiger partial charge on any atom is 0.325 e. The van der Waals surface area contributed by atoms with Crippen LogP contribution < -0.4 is 0 Å². The Morgan fingerprint density at radius 2 is 1.67 bits per heavy atom. The molecule has 7 nitrogen and oxygen atoms in total. The molecule has 2 aliphatic rings. The Bertz CT molecular complexity index is 1060. The molecule has 2 aromatic carbocycles. The van der Waals surface area contributed by atoms with Crippen LogP contribution in [0.5, 0.6) is 0 Å². The fraction of sp³-hybridized carbons (Fsp3) is 0.385. The highest BCUT2D eigenvalue weighted by Gasteiger charge is 2.57. The minimum absolute atomic E-state index is 0.0496. The van der Waals surface area contributed by atoms with Gasteiger partial charge < -0.3 is 9.64 Å². The molecule has 1 aliphatic carbocycles. The van der Waals surface area contributed by atoms with Gasteiger partial charge in [-0.3, -0.25) is 24.1 Å². The molecular formula is C26H28N2O5. The second-order valence-corrected chi connectivity index (χ2v) is 8.73. The molecule has 7 heteroatoms. The van der Waals surface area contributed by atoms with Crippen LogP contribution in [0.2, 0.25) is 0 Å². The van der Waals surface area contributed by atoms with E-state index in [1.807, 2.05) is 54.6 Å². The van der Waals surface area contributed by atoms with Gasteiger partial charge in [-0.15, -0.1) is 0 Å². The van der Waals surface area contributed by atoms with Crippen LogP contribution in [0.1, 0.15) is 38.2 Å². The summed E-state index contributed by atoms with van der Waals surface area (Å²) in [5.41, 5.74) is 1.39. The third kappa shape index (κ3) is 4.53. The summed E-state index contributed by atoms with van der Waals surface area (Å²) in [5, 5.41) is 0. The van der Waals surface area contributed by atoms with Crippen molar-refractivity contribution in [1.29, 1.82) is 0 Å². The van der Waals surface area contributed by atoms with E-state index in [1.54, 1.807) is 6.92 Å². The van der Waals surface area contributed by atoms with Crippen molar-refractivity contribution in [2.24, 2.45) is 0 Å². The molecule has 2 fully saturated rings. The van der Waals surface area contributed by atoms with Gasteiger partial charge in [-0.2, -0.15) is 0 Å². The van der Waals surface area contributed by atoms with Crippen molar-refractivity contribution in [2.45, 2.75) is 44.1 Å². The average molecular weight is 449 g/mol. The predicted octanol–water partition coefficient (Wildman–Crippen LogP) is 2.92. The standard InChI is InChI=1S/C26H28N2O5/c1-3-33-24(31)17-27(2)22(29)15-26(16-23(30)28(25(26)32)21-13-14-21)20-11-9-19(10-12-20)18-7-5-4-6-8-18/h4-12,21H,3,13-17H2,1-2H3/t26-/m0/s1. The lowest BCUT2D eigenvalue weighted by Gasteiger charge is -2.29. The second kappa shape index (κ2) is 9.17. The van der Waals surface area contributed by atoms with Gasteiger partial charge in [-0.1, -0.05) is 54.6 Å². The van der Waals surface area contributed by atoms with Crippen molar-refractivity contribution in [1.82, 2.24) is 9.80 Å². The Morgan fingerprint density at radius 1 is 1.03 bits per heavy atom. The van der Waals surface area contributed by atoms with Crippen LogP contribution in [0, 0.1) is 0 Å². The van der Waals surface area contributed by atoms with Gasteiger partial charge in [-0.25, -0.2) is 0 Å². The number of imide groups is 1. The number of likely N-dealkylation sites (tertiary alicyclic amines) is 1. The van der Waals surface area contributed by atoms with Gasteiger partial charge in [0.15, 0.2) is 0 Å². The molecule has 1 saturated heterocycles. The summed E-state index contributed by atoms with van der Waals surface area (Å²) in [6.45, 7) is 1.72. The highest BCUT2D eigenvalue weighted by molar-refractivity contribution is 6.11. The lowest BCUT2D eigenvalue weighted by atomic mass is 9.75. The maximum absolute atomic E-state index is 13.6. The van der Waals surface area contributed by atoms with E-state index in [1.165, 1.54) is 16.8 Å².